The van der Waals surface area contributed by atoms with Gasteiger partial charge in [-0.3, -0.25) is 0 Å². The van der Waals surface area contributed by atoms with Crippen molar-refractivity contribution >= 4 is 17.1 Å². The van der Waals surface area contributed by atoms with Gasteiger partial charge in [0.15, 0.2) is 17.1 Å². The Morgan fingerprint density at radius 3 is 2.73 bits per heavy atom. The Kier molecular flexibility index (Phi) is 3.11. The Bertz CT molecular complexity index is 780. The van der Waals surface area contributed by atoms with Crippen molar-refractivity contribution in [1.82, 2.24) is 4.98 Å². The zero-order valence-corrected chi connectivity index (χ0v) is 12.3. The zero-order chi connectivity index (χ0) is 14.9. The van der Waals surface area contributed by atoms with E-state index in [0.29, 0.717) is 25.8 Å². The molecule has 0 spiro atoms. The zero-order valence-electron chi connectivity index (χ0n) is 12.3. The quantitative estimate of drug-likeness (QED) is 0.742. The van der Waals surface area contributed by atoms with Crippen LogP contribution in [0.15, 0.2) is 46.9 Å². The van der Waals surface area contributed by atoms with E-state index in [1.165, 1.54) is 0 Å². The highest BCUT2D eigenvalue weighted by atomic mass is 16.6. The number of hydrogen-bond donors (Lipinski definition) is 0. The number of anilines is 1. The van der Waals surface area contributed by atoms with Crippen LogP contribution in [0.5, 0.6) is 11.5 Å². The van der Waals surface area contributed by atoms with Crippen LogP contribution in [0.2, 0.25) is 0 Å². The van der Waals surface area contributed by atoms with E-state index >= 15 is 0 Å². The lowest BCUT2D eigenvalue weighted by molar-refractivity contribution is 0.171. The van der Waals surface area contributed by atoms with Crippen LogP contribution < -0.4 is 14.4 Å². The maximum absolute atomic E-state index is 5.77. The van der Waals surface area contributed by atoms with E-state index < -0.39 is 0 Å². The molecule has 4 rings (SSSR count). The Balaban J connectivity index is 1.57. The van der Waals surface area contributed by atoms with Crippen LogP contribution in [0.4, 0.5) is 6.01 Å². The van der Waals surface area contributed by atoms with Gasteiger partial charge in [0.05, 0.1) is 0 Å². The maximum Gasteiger partial charge on any atom is 0.298 e. The fraction of sp³-hybridized carbons (Fsp3) is 0.235. The Labute approximate surface area is 128 Å². The average molecular weight is 296 g/mol. The SMILES string of the molecule is CN(Cc1ccc2c(c1)OCCO2)c1nc2ccccc2o1. The monoisotopic (exact) mass is 296 g/mol. The van der Waals surface area contributed by atoms with Gasteiger partial charge in [0, 0.05) is 13.6 Å². The van der Waals surface area contributed by atoms with Crippen LogP contribution >= 0.6 is 0 Å². The van der Waals surface area contributed by atoms with Crippen molar-refractivity contribution < 1.29 is 13.9 Å². The number of oxazole rings is 1. The molecule has 22 heavy (non-hydrogen) atoms. The molecule has 0 amide bonds. The summed E-state index contributed by atoms with van der Waals surface area (Å²) < 4.78 is 16.9. The van der Waals surface area contributed by atoms with Gasteiger partial charge in [0.1, 0.15) is 18.7 Å². The second kappa shape index (κ2) is 5.26. The highest BCUT2D eigenvalue weighted by Gasteiger charge is 2.14. The molecule has 1 aromatic heterocycles. The van der Waals surface area contributed by atoms with Gasteiger partial charge in [-0.1, -0.05) is 18.2 Å². The molecule has 1 aliphatic heterocycles. The predicted molar refractivity (Wildman–Crippen MR) is 83.5 cm³/mol. The van der Waals surface area contributed by atoms with Gasteiger partial charge in [-0.2, -0.15) is 4.98 Å². The van der Waals surface area contributed by atoms with E-state index in [9.17, 15) is 0 Å². The molecule has 1 aliphatic rings. The van der Waals surface area contributed by atoms with E-state index in [2.05, 4.69) is 4.98 Å². The van der Waals surface area contributed by atoms with Gasteiger partial charge in [-0.15, -0.1) is 0 Å². The van der Waals surface area contributed by atoms with Crippen LogP contribution in [-0.4, -0.2) is 25.2 Å². The van der Waals surface area contributed by atoms with Gasteiger partial charge in [-0.25, -0.2) is 0 Å². The molecule has 112 valence electrons. The van der Waals surface area contributed by atoms with Crippen molar-refractivity contribution in [3.8, 4) is 11.5 Å². The van der Waals surface area contributed by atoms with Crippen LogP contribution in [0.1, 0.15) is 5.56 Å². The molecular weight excluding hydrogens is 280 g/mol. The van der Waals surface area contributed by atoms with Crippen molar-refractivity contribution in [1.29, 1.82) is 0 Å². The molecular formula is C17H16N2O3. The second-order valence-electron chi connectivity index (χ2n) is 5.30. The molecule has 0 unspecified atom stereocenters. The normalized spacial score (nSPS) is 13.3. The number of rotatable bonds is 3. The molecule has 2 heterocycles. The summed E-state index contributed by atoms with van der Waals surface area (Å²) in [5, 5.41) is 0. The summed E-state index contributed by atoms with van der Waals surface area (Å²) in [6.45, 7) is 1.88. The summed E-state index contributed by atoms with van der Waals surface area (Å²) in [7, 11) is 1.96. The fourth-order valence-corrected chi connectivity index (χ4v) is 2.55. The van der Waals surface area contributed by atoms with E-state index in [4.69, 9.17) is 13.9 Å². The summed E-state index contributed by atoms with van der Waals surface area (Å²) in [5.74, 6) is 1.61. The molecule has 0 bridgehead atoms. The summed E-state index contributed by atoms with van der Waals surface area (Å²) in [6, 6.07) is 14.4. The van der Waals surface area contributed by atoms with Crippen LogP contribution in [0, 0.1) is 0 Å². The van der Waals surface area contributed by atoms with Gasteiger partial charge in [-0.05, 0) is 29.8 Å². The lowest BCUT2D eigenvalue weighted by atomic mass is 10.2. The second-order valence-corrected chi connectivity index (χ2v) is 5.30. The lowest BCUT2D eigenvalue weighted by Crippen LogP contribution is -2.18. The van der Waals surface area contributed by atoms with Crippen molar-refractivity contribution in [3.05, 3.63) is 48.0 Å². The standard InChI is InChI=1S/C17H16N2O3/c1-19(17-18-13-4-2-3-5-14(13)22-17)11-12-6-7-15-16(10-12)21-9-8-20-15/h2-7,10H,8-9,11H2,1H3. The Morgan fingerprint density at radius 1 is 1.05 bits per heavy atom. The number of ether oxygens (including phenoxy) is 2. The summed E-state index contributed by atoms with van der Waals surface area (Å²) in [6.07, 6.45) is 0. The largest absolute Gasteiger partial charge is 0.486 e. The van der Waals surface area contributed by atoms with Crippen LogP contribution in [-0.2, 0) is 6.54 Å². The Hall–Kier alpha value is -2.69. The minimum absolute atomic E-state index is 0.595. The third kappa shape index (κ3) is 2.35. The summed E-state index contributed by atoms with van der Waals surface area (Å²) in [4.78, 5) is 6.48. The van der Waals surface area contributed by atoms with Gasteiger partial charge >= 0.3 is 0 Å². The molecule has 0 radical (unpaired) electrons. The number of fused-ring (bicyclic) bond motifs is 2. The van der Waals surface area contributed by atoms with Crippen molar-refractivity contribution in [2.45, 2.75) is 6.54 Å². The molecule has 0 saturated carbocycles. The molecule has 0 atom stereocenters. The van der Waals surface area contributed by atoms with Crippen LogP contribution in [0.3, 0.4) is 0 Å². The predicted octanol–water partition coefficient (Wildman–Crippen LogP) is 3.24. The maximum atomic E-state index is 5.77. The van der Waals surface area contributed by atoms with Crippen molar-refractivity contribution in [3.63, 3.8) is 0 Å². The van der Waals surface area contributed by atoms with E-state index in [-0.39, 0.29) is 0 Å². The number of benzene rings is 2. The number of nitrogens with zero attached hydrogens (tertiary/aromatic N) is 2. The third-order valence-corrected chi connectivity index (χ3v) is 3.64. The van der Waals surface area contributed by atoms with Gasteiger partial charge in [0.2, 0.25) is 0 Å². The highest BCUT2D eigenvalue weighted by Crippen LogP contribution is 2.31. The molecule has 5 heteroatoms. The highest BCUT2D eigenvalue weighted by molar-refractivity contribution is 5.74. The molecule has 0 aliphatic carbocycles. The molecule has 0 N–H and O–H groups in total. The van der Waals surface area contributed by atoms with E-state index in [0.717, 1.165) is 28.2 Å². The third-order valence-electron chi connectivity index (χ3n) is 3.64. The molecule has 2 aromatic carbocycles. The first-order chi connectivity index (χ1) is 10.8. The first-order valence-electron chi connectivity index (χ1n) is 7.25. The molecule has 3 aromatic rings. The topological polar surface area (TPSA) is 47.7 Å². The van der Waals surface area contributed by atoms with Crippen LogP contribution in [0.25, 0.3) is 11.1 Å². The Morgan fingerprint density at radius 2 is 1.86 bits per heavy atom. The number of para-hydroxylation sites is 2. The molecule has 0 saturated heterocycles. The number of aromatic nitrogens is 1. The fourth-order valence-electron chi connectivity index (χ4n) is 2.55. The first kappa shape index (κ1) is 13.0. The van der Waals surface area contributed by atoms with Crippen molar-refractivity contribution in [2.24, 2.45) is 0 Å². The minimum Gasteiger partial charge on any atom is -0.486 e. The van der Waals surface area contributed by atoms with Gasteiger partial charge in [0.25, 0.3) is 6.01 Å². The smallest absolute Gasteiger partial charge is 0.298 e. The summed E-state index contributed by atoms with van der Waals surface area (Å²) >= 11 is 0. The lowest BCUT2D eigenvalue weighted by Gasteiger charge is -2.20. The molecule has 5 nitrogen and oxygen atoms in total. The van der Waals surface area contributed by atoms with E-state index in [1.54, 1.807) is 0 Å². The van der Waals surface area contributed by atoms with Crippen molar-refractivity contribution in [2.75, 3.05) is 25.2 Å². The molecule has 0 fully saturated rings. The van der Waals surface area contributed by atoms with E-state index in [1.807, 2.05) is 54.4 Å². The van der Waals surface area contributed by atoms with Gasteiger partial charge < -0.3 is 18.8 Å². The average Bonchev–Trinajstić information content (AvgIpc) is 2.99. The first-order valence-corrected chi connectivity index (χ1v) is 7.25. The minimum atomic E-state index is 0.595. The summed E-state index contributed by atoms with van der Waals surface area (Å²) in [5.41, 5.74) is 2.78. The number of hydrogen-bond acceptors (Lipinski definition) is 5.